The third kappa shape index (κ3) is 2.20. The second-order valence-electron chi connectivity index (χ2n) is 5.40. The Morgan fingerprint density at radius 3 is 2.32 bits per heavy atom. The van der Waals surface area contributed by atoms with Gasteiger partial charge in [-0.05, 0) is 24.5 Å². The highest BCUT2D eigenvalue weighted by molar-refractivity contribution is 6.01. The van der Waals surface area contributed by atoms with Crippen molar-refractivity contribution in [2.24, 2.45) is 17.3 Å². The van der Waals surface area contributed by atoms with E-state index in [0.717, 1.165) is 5.69 Å². The summed E-state index contributed by atoms with van der Waals surface area (Å²) in [6, 6.07) is 3.51. The van der Waals surface area contributed by atoms with Crippen molar-refractivity contribution in [1.29, 1.82) is 0 Å². The van der Waals surface area contributed by atoms with Gasteiger partial charge in [-0.2, -0.15) is 0 Å². The molecular weight excluding hydrogens is 244 g/mol. The van der Waals surface area contributed by atoms with Gasteiger partial charge in [0.05, 0.1) is 11.8 Å². The maximum absolute atomic E-state index is 12.5. The predicted molar refractivity (Wildman–Crippen MR) is 70.7 cm³/mol. The van der Waals surface area contributed by atoms with Crippen LogP contribution < -0.4 is 4.90 Å². The van der Waals surface area contributed by atoms with Crippen LogP contribution >= 0.6 is 0 Å². The maximum Gasteiger partial charge on any atom is 0.307 e. The Labute approximate surface area is 112 Å². The van der Waals surface area contributed by atoms with E-state index in [2.05, 4.69) is 4.98 Å². The first-order valence-corrected chi connectivity index (χ1v) is 6.35. The van der Waals surface area contributed by atoms with Gasteiger partial charge in [-0.15, -0.1) is 0 Å². The Morgan fingerprint density at radius 1 is 1.32 bits per heavy atom. The van der Waals surface area contributed by atoms with Gasteiger partial charge in [0, 0.05) is 24.6 Å². The number of hydrogen-bond acceptors (Lipinski definition) is 3. The Hall–Kier alpha value is -1.91. The van der Waals surface area contributed by atoms with E-state index in [1.165, 1.54) is 0 Å². The molecule has 2 unspecified atom stereocenters. The maximum atomic E-state index is 12.5. The van der Waals surface area contributed by atoms with Crippen molar-refractivity contribution in [3.05, 3.63) is 24.5 Å². The van der Waals surface area contributed by atoms with Gasteiger partial charge in [-0.3, -0.25) is 14.6 Å². The highest BCUT2D eigenvalue weighted by Crippen LogP contribution is 2.59. The number of rotatable bonds is 4. The molecule has 2 rings (SSSR count). The molecule has 1 N–H and O–H groups in total. The lowest BCUT2D eigenvalue weighted by Crippen LogP contribution is -2.33. The topological polar surface area (TPSA) is 70.5 Å². The normalized spacial score (nSPS) is 23.7. The van der Waals surface area contributed by atoms with Crippen molar-refractivity contribution in [2.75, 3.05) is 11.4 Å². The molecule has 1 saturated carbocycles. The largest absolute Gasteiger partial charge is 0.481 e. The van der Waals surface area contributed by atoms with Crippen LogP contribution in [0.3, 0.4) is 0 Å². The number of amides is 1. The number of hydrogen-bond donors (Lipinski definition) is 1. The number of aromatic nitrogens is 1. The Morgan fingerprint density at radius 2 is 1.89 bits per heavy atom. The van der Waals surface area contributed by atoms with Crippen LogP contribution in [0.25, 0.3) is 0 Å². The van der Waals surface area contributed by atoms with E-state index < -0.39 is 23.2 Å². The molecule has 2 atom stereocenters. The van der Waals surface area contributed by atoms with Crippen molar-refractivity contribution in [1.82, 2.24) is 4.98 Å². The summed E-state index contributed by atoms with van der Waals surface area (Å²) in [5.41, 5.74) is 0.290. The molecular formula is C14H18N2O3. The second-order valence-corrected chi connectivity index (χ2v) is 5.40. The highest BCUT2D eigenvalue weighted by atomic mass is 16.4. The number of carbonyl (C=O) groups excluding carboxylic acids is 1. The lowest BCUT2D eigenvalue weighted by Gasteiger charge is -2.21. The minimum Gasteiger partial charge on any atom is -0.481 e. The van der Waals surface area contributed by atoms with Crippen LogP contribution in [0.4, 0.5) is 5.69 Å². The number of aliphatic carboxylic acids is 1. The van der Waals surface area contributed by atoms with Crippen molar-refractivity contribution < 1.29 is 14.7 Å². The summed E-state index contributed by atoms with van der Waals surface area (Å²) in [6.07, 6.45) is 3.25. The van der Waals surface area contributed by atoms with E-state index in [1.54, 1.807) is 29.4 Å². The first-order chi connectivity index (χ1) is 8.91. The zero-order chi connectivity index (χ0) is 14.2. The summed E-state index contributed by atoms with van der Waals surface area (Å²) in [4.78, 5) is 29.2. The van der Waals surface area contributed by atoms with Gasteiger partial charge < -0.3 is 10.0 Å². The molecule has 1 heterocycles. The number of carboxylic acid groups (broad SMARTS) is 1. The Balaban J connectivity index is 2.22. The van der Waals surface area contributed by atoms with E-state index in [-0.39, 0.29) is 5.91 Å². The molecule has 1 aromatic heterocycles. The third-order valence-corrected chi connectivity index (χ3v) is 3.92. The highest BCUT2D eigenvalue weighted by Gasteiger charge is 2.66. The minimum absolute atomic E-state index is 0.119. The molecule has 0 bridgehead atoms. The average Bonchev–Trinajstić information content (AvgIpc) is 2.94. The SMILES string of the molecule is CCN(C(=O)C1C(C(=O)O)C1(C)C)c1ccncc1. The van der Waals surface area contributed by atoms with E-state index >= 15 is 0 Å². The predicted octanol–water partition coefficient (Wildman–Crippen LogP) is 1.79. The minimum atomic E-state index is -0.894. The molecule has 0 spiro atoms. The fourth-order valence-electron chi connectivity index (χ4n) is 2.72. The van der Waals surface area contributed by atoms with Crippen LogP contribution in [0.5, 0.6) is 0 Å². The number of carboxylic acids is 1. The molecule has 19 heavy (non-hydrogen) atoms. The molecule has 102 valence electrons. The summed E-state index contributed by atoms with van der Waals surface area (Å²) < 4.78 is 0. The van der Waals surface area contributed by atoms with Crippen molar-refractivity contribution in [3.63, 3.8) is 0 Å². The molecule has 0 aromatic carbocycles. The van der Waals surface area contributed by atoms with Crippen LogP contribution in [-0.2, 0) is 9.59 Å². The number of carbonyl (C=O) groups is 2. The molecule has 0 saturated heterocycles. The molecule has 1 aromatic rings. The van der Waals surface area contributed by atoms with Gasteiger partial charge in [-0.25, -0.2) is 0 Å². The van der Waals surface area contributed by atoms with Gasteiger partial charge >= 0.3 is 5.97 Å². The zero-order valence-electron chi connectivity index (χ0n) is 11.3. The quantitative estimate of drug-likeness (QED) is 0.898. The summed E-state index contributed by atoms with van der Waals surface area (Å²) in [5.74, 6) is -2.05. The van der Waals surface area contributed by atoms with Crippen LogP contribution in [0, 0.1) is 17.3 Å². The van der Waals surface area contributed by atoms with E-state index in [4.69, 9.17) is 5.11 Å². The average molecular weight is 262 g/mol. The Bertz CT molecular complexity index is 499. The monoisotopic (exact) mass is 262 g/mol. The Kier molecular flexibility index (Phi) is 3.30. The van der Waals surface area contributed by atoms with Crippen LogP contribution in [0.2, 0.25) is 0 Å². The molecule has 1 aliphatic carbocycles. The van der Waals surface area contributed by atoms with Crippen molar-refractivity contribution in [3.8, 4) is 0 Å². The van der Waals surface area contributed by atoms with Gasteiger partial charge in [-0.1, -0.05) is 13.8 Å². The molecule has 0 radical (unpaired) electrons. The third-order valence-electron chi connectivity index (χ3n) is 3.92. The smallest absolute Gasteiger partial charge is 0.307 e. The van der Waals surface area contributed by atoms with Gasteiger partial charge in [0.25, 0.3) is 0 Å². The molecule has 0 aliphatic heterocycles. The summed E-state index contributed by atoms with van der Waals surface area (Å²) in [7, 11) is 0. The van der Waals surface area contributed by atoms with Crippen LogP contribution in [-0.4, -0.2) is 28.5 Å². The van der Waals surface area contributed by atoms with Crippen molar-refractivity contribution in [2.45, 2.75) is 20.8 Å². The first kappa shape index (κ1) is 13.5. The fraction of sp³-hybridized carbons (Fsp3) is 0.500. The fourth-order valence-corrected chi connectivity index (χ4v) is 2.72. The van der Waals surface area contributed by atoms with E-state index in [1.807, 2.05) is 20.8 Å². The van der Waals surface area contributed by atoms with Gasteiger partial charge in [0.1, 0.15) is 0 Å². The number of anilines is 1. The molecule has 5 heteroatoms. The number of pyridine rings is 1. The zero-order valence-corrected chi connectivity index (χ0v) is 11.3. The number of nitrogens with zero attached hydrogens (tertiary/aromatic N) is 2. The lowest BCUT2D eigenvalue weighted by atomic mass is 10.1. The standard InChI is InChI=1S/C14H18N2O3/c1-4-16(9-5-7-15-8-6-9)12(17)10-11(13(18)19)14(10,2)3/h5-8,10-11H,4H2,1-3H3,(H,18,19). The van der Waals surface area contributed by atoms with Crippen LogP contribution in [0.1, 0.15) is 20.8 Å². The molecule has 1 aliphatic rings. The molecule has 1 amide bonds. The van der Waals surface area contributed by atoms with E-state index in [9.17, 15) is 9.59 Å². The molecule has 5 nitrogen and oxygen atoms in total. The first-order valence-electron chi connectivity index (χ1n) is 6.35. The summed E-state index contributed by atoms with van der Waals surface area (Å²) in [5, 5.41) is 9.15. The van der Waals surface area contributed by atoms with Gasteiger partial charge in [0.2, 0.25) is 5.91 Å². The van der Waals surface area contributed by atoms with Crippen molar-refractivity contribution >= 4 is 17.6 Å². The summed E-state index contributed by atoms with van der Waals surface area (Å²) >= 11 is 0. The van der Waals surface area contributed by atoms with E-state index in [0.29, 0.717) is 6.54 Å². The summed E-state index contributed by atoms with van der Waals surface area (Å²) in [6.45, 7) is 6.05. The lowest BCUT2D eigenvalue weighted by molar-refractivity contribution is -0.140. The molecule has 1 fully saturated rings. The van der Waals surface area contributed by atoms with Gasteiger partial charge in [0.15, 0.2) is 0 Å². The van der Waals surface area contributed by atoms with Crippen LogP contribution in [0.15, 0.2) is 24.5 Å². The second kappa shape index (κ2) is 4.64.